The van der Waals surface area contributed by atoms with Crippen molar-refractivity contribution in [3.63, 3.8) is 0 Å². The maximum atomic E-state index is 13.0. The second-order valence-corrected chi connectivity index (χ2v) is 11.9. The van der Waals surface area contributed by atoms with Crippen molar-refractivity contribution in [3.05, 3.63) is 59.2 Å². The SMILES string of the molecule is O=C1CCC(N2Cc3cc(OC[C@H]4CCCCN4Cc4ccccc4OCCN4CCCCC4=O)ccc3C2=O)C(=O)N1. The van der Waals surface area contributed by atoms with Gasteiger partial charge in [0.15, 0.2) is 0 Å². The molecule has 3 saturated heterocycles. The monoisotopic (exact) mass is 588 g/mol. The van der Waals surface area contributed by atoms with E-state index in [1.54, 1.807) is 11.0 Å². The molecule has 2 aromatic carbocycles. The molecule has 43 heavy (non-hydrogen) atoms. The zero-order valence-corrected chi connectivity index (χ0v) is 24.6. The second-order valence-electron chi connectivity index (χ2n) is 11.9. The first-order valence-corrected chi connectivity index (χ1v) is 15.6. The van der Waals surface area contributed by atoms with Crippen LogP contribution in [0.1, 0.15) is 72.9 Å². The second kappa shape index (κ2) is 13.2. The molecule has 4 aliphatic rings. The van der Waals surface area contributed by atoms with E-state index in [1.165, 1.54) is 0 Å². The Balaban J connectivity index is 1.05. The Bertz CT molecular complexity index is 1380. The summed E-state index contributed by atoms with van der Waals surface area (Å²) in [5.74, 6) is 0.910. The van der Waals surface area contributed by atoms with Crippen LogP contribution in [-0.4, -0.2) is 83.3 Å². The lowest BCUT2D eigenvalue weighted by Gasteiger charge is -2.36. The Morgan fingerprint density at radius 1 is 0.884 bits per heavy atom. The molecular weight excluding hydrogens is 548 g/mol. The molecule has 1 N–H and O–H groups in total. The molecule has 4 aliphatic heterocycles. The quantitative estimate of drug-likeness (QED) is 0.425. The molecule has 1 unspecified atom stereocenters. The number of fused-ring (bicyclic) bond motifs is 1. The largest absolute Gasteiger partial charge is 0.492 e. The molecule has 4 amide bonds. The van der Waals surface area contributed by atoms with Crippen LogP contribution < -0.4 is 14.8 Å². The number of likely N-dealkylation sites (tertiary alicyclic amines) is 2. The van der Waals surface area contributed by atoms with Crippen molar-refractivity contribution in [2.45, 2.75) is 76.5 Å². The molecule has 6 rings (SSSR count). The molecule has 3 fully saturated rings. The molecule has 0 aliphatic carbocycles. The van der Waals surface area contributed by atoms with Crippen LogP contribution in [0.3, 0.4) is 0 Å². The maximum absolute atomic E-state index is 13.0. The van der Waals surface area contributed by atoms with Gasteiger partial charge in [-0.1, -0.05) is 24.6 Å². The van der Waals surface area contributed by atoms with Crippen molar-refractivity contribution in [2.24, 2.45) is 0 Å². The number of carbonyl (C=O) groups excluding carboxylic acids is 4. The third-order valence-electron chi connectivity index (χ3n) is 9.07. The summed E-state index contributed by atoms with van der Waals surface area (Å²) in [6.07, 6.45) is 6.57. The fourth-order valence-corrected chi connectivity index (χ4v) is 6.65. The van der Waals surface area contributed by atoms with E-state index in [1.807, 2.05) is 35.2 Å². The lowest BCUT2D eigenvalue weighted by Crippen LogP contribution is -2.52. The van der Waals surface area contributed by atoms with Crippen molar-refractivity contribution >= 4 is 23.6 Å². The number of nitrogens with zero attached hydrogens (tertiary/aromatic N) is 3. The zero-order chi connectivity index (χ0) is 29.8. The van der Waals surface area contributed by atoms with Crippen LogP contribution in [0.25, 0.3) is 0 Å². The van der Waals surface area contributed by atoms with Gasteiger partial charge in [-0.05, 0) is 68.5 Å². The van der Waals surface area contributed by atoms with Crippen LogP contribution in [0, 0.1) is 0 Å². The fraction of sp³-hybridized carbons (Fsp3) is 0.515. The van der Waals surface area contributed by atoms with E-state index in [-0.39, 0.29) is 30.2 Å². The van der Waals surface area contributed by atoms with E-state index in [0.29, 0.717) is 50.5 Å². The molecule has 0 saturated carbocycles. The van der Waals surface area contributed by atoms with Crippen LogP contribution in [-0.2, 0) is 27.5 Å². The molecule has 10 nitrogen and oxygen atoms in total. The average Bonchev–Trinajstić information content (AvgIpc) is 3.33. The van der Waals surface area contributed by atoms with Crippen molar-refractivity contribution in [1.29, 1.82) is 0 Å². The number of nitrogens with one attached hydrogen (secondary N) is 1. The topological polar surface area (TPSA) is 108 Å². The molecular formula is C33H40N4O6. The van der Waals surface area contributed by atoms with Gasteiger partial charge in [0.1, 0.15) is 30.8 Å². The molecule has 4 heterocycles. The number of piperidine rings is 3. The van der Waals surface area contributed by atoms with E-state index in [2.05, 4.69) is 16.3 Å². The average molecular weight is 589 g/mol. The number of benzene rings is 2. The summed E-state index contributed by atoms with van der Waals surface area (Å²) in [4.78, 5) is 55.0. The van der Waals surface area contributed by atoms with Crippen LogP contribution in [0.15, 0.2) is 42.5 Å². The van der Waals surface area contributed by atoms with Crippen molar-refractivity contribution in [3.8, 4) is 11.5 Å². The van der Waals surface area contributed by atoms with E-state index in [9.17, 15) is 19.2 Å². The first-order valence-electron chi connectivity index (χ1n) is 15.6. The number of carbonyl (C=O) groups is 4. The van der Waals surface area contributed by atoms with Gasteiger partial charge in [0.25, 0.3) is 5.91 Å². The number of rotatable bonds is 10. The van der Waals surface area contributed by atoms with Gasteiger partial charge in [0.2, 0.25) is 17.7 Å². The van der Waals surface area contributed by atoms with Gasteiger partial charge in [-0.3, -0.25) is 29.4 Å². The van der Waals surface area contributed by atoms with Crippen LogP contribution in [0.5, 0.6) is 11.5 Å². The predicted octanol–water partition coefficient (Wildman–Crippen LogP) is 3.27. The van der Waals surface area contributed by atoms with Gasteiger partial charge in [-0.15, -0.1) is 0 Å². The Kier molecular flexibility index (Phi) is 8.92. The summed E-state index contributed by atoms with van der Waals surface area (Å²) in [6.45, 7) is 4.51. The first-order chi connectivity index (χ1) is 21.0. The normalized spacial score (nSPS) is 22.9. The minimum atomic E-state index is -0.628. The van der Waals surface area contributed by atoms with E-state index >= 15 is 0 Å². The summed E-state index contributed by atoms with van der Waals surface area (Å²) < 4.78 is 12.5. The highest BCUT2D eigenvalue weighted by atomic mass is 16.5. The molecule has 0 spiro atoms. The van der Waals surface area contributed by atoms with Crippen LogP contribution in [0.2, 0.25) is 0 Å². The highest BCUT2D eigenvalue weighted by Crippen LogP contribution is 2.31. The fourth-order valence-electron chi connectivity index (χ4n) is 6.65. The lowest BCUT2D eigenvalue weighted by molar-refractivity contribution is -0.137. The number of hydrogen-bond donors (Lipinski definition) is 1. The summed E-state index contributed by atoms with van der Waals surface area (Å²) in [5.41, 5.74) is 2.55. The standard InChI is InChI=1S/C33H40N4O6/c38-30-14-13-28(32(40)34-30)37-21-24-19-26(11-12-27(24)33(37)41)43-22-25-8-3-5-16-36(25)20-23-7-1-2-9-29(23)42-18-17-35-15-6-4-10-31(35)39/h1-2,7,9,11-12,19,25,28H,3-6,8,10,13-18,20-22H2,(H,34,38,40)/t25-,28?/m1/s1. The lowest BCUT2D eigenvalue weighted by atomic mass is 10.0. The summed E-state index contributed by atoms with van der Waals surface area (Å²) in [6, 6.07) is 13.3. The van der Waals surface area contributed by atoms with E-state index < -0.39 is 11.9 Å². The minimum absolute atomic E-state index is 0.182. The molecule has 10 heteroatoms. The molecule has 2 atom stereocenters. The molecule has 0 bridgehead atoms. The van der Waals surface area contributed by atoms with Crippen molar-refractivity contribution in [1.82, 2.24) is 20.0 Å². The highest BCUT2D eigenvalue weighted by Gasteiger charge is 2.39. The molecule has 0 radical (unpaired) electrons. The van der Waals surface area contributed by atoms with Gasteiger partial charge in [0, 0.05) is 49.6 Å². The van der Waals surface area contributed by atoms with Gasteiger partial charge in [-0.25, -0.2) is 0 Å². The minimum Gasteiger partial charge on any atom is -0.492 e. The zero-order valence-electron chi connectivity index (χ0n) is 24.6. The third-order valence-corrected chi connectivity index (χ3v) is 9.07. The Morgan fingerprint density at radius 2 is 1.74 bits per heavy atom. The Morgan fingerprint density at radius 3 is 2.60 bits per heavy atom. The van der Waals surface area contributed by atoms with E-state index in [4.69, 9.17) is 9.47 Å². The van der Waals surface area contributed by atoms with Crippen molar-refractivity contribution < 1.29 is 28.7 Å². The number of hydrogen-bond acceptors (Lipinski definition) is 7. The van der Waals surface area contributed by atoms with Gasteiger partial charge < -0.3 is 19.3 Å². The number of imide groups is 1. The highest BCUT2D eigenvalue weighted by molar-refractivity contribution is 6.05. The van der Waals surface area contributed by atoms with Gasteiger partial charge in [0.05, 0.1) is 6.54 Å². The Labute approximate surface area is 252 Å². The summed E-state index contributed by atoms with van der Waals surface area (Å²) in [7, 11) is 0. The number of ether oxygens (including phenoxy) is 2. The first kappa shape index (κ1) is 29.2. The molecule has 0 aromatic heterocycles. The number of para-hydroxylation sites is 1. The summed E-state index contributed by atoms with van der Waals surface area (Å²) >= 11 is 0. The van der Waals surface area contributed by atoms with E-state index in [0.717, 1.165) is 68.6 Å². The van der Waals surface area contributed by atoms with Crippen molar-refractivity contribution in [2.75, 3.05) is 32.8 Å². The third kappa shape index (κ3) is 6.69. The molecule has 228 valence electrons. The smallest absolute Gasteiger partial charge is 0.255 e. The predicted molar refractivity (Wildman–Crippen MR) is 158 cm³/mol. The van der Waals surface area contributed by atoms with Gasteiger partial charge in [-0.2, -0.15) is 0 Å². The van der Waals surface area contributed by atoms with Gasteiger partial charge >= 0.3 is 0 Å². The summed E-state index contributed by atoms with van der Waals surface area (Å²) in [5, 5.41) is 2.35. The van der Waals surface area contributed by atoms with Crippen LogP contribution in [0.4, 0.5) is 0 Å². The number of amides is 4. The molecule has 2 aromatic rings. The Hall–Kier alpha value is -3.92. The maximum Gasteiger partial charge on any atom is 0.255 e. The van der Waals surface area contributed by atoms with Crippen LogP contribution >= 0.6 is 0 Å².